The summed E-state index contributed by atoms with van der Waals surface area (Å²) in [4.78, 5) is 14.9. The second kappa shape index (κ2) is 6.59. The highest BCUT2D eigenvalue weighted by Gasteiger charge is 2.31. The van der Waals surface area contributed by atoms with Crippen molar-refractivity contribution in [3.63, 3.8) is 0 Å². The highest BCUT2D eigenvalue weighted by molar-refractivity contribution is 7.89. The molecule has 2 heterocycles. The van der Waals surface area contributed by atoms with Crippen LogP contribution < -0.4 is 0 Å². The maximum atomic E-state index is 13.1. The molecule has 0 bridgehead atoms. The van der Waals surface area contributed by atoms with E-state index in [4.69, 9.17) is 4.42 Å². The van der Waals surface area contributed by atoms with Crippen LogP contribution in [-0.2, 0) is 15.6 Å². The van der Waals surface area contributed by atoms with E-state index >= 15 is 0 Å². The van der Waals surface area contributed by atoms with E-state index in [0.717, 1.165) is 25.7 Å². The highest BCUT2D eigenvalue weighted by Crippen LogP contribution is 2.30. The van der Waals surface area contributed by atoms with Crippen molar-refractivity contribution in [1.29, 1.82) is 0 Å². The monoisotopic (exact) mass is 349 g/mol. The first-order chi connectivity index (χ1) is 11.4. The number of piperidine rings is 1. The number of likely N-dealkylation sites (tertiary alicyclic amines) is 1. The minimum atomic E-state index is -3.28. The summed E-state index contributed by atoms with van der Waals surface area (Å²) in [6.07, 6.45) is 5.17. The van der Waals surface area contributed by atoms with Gasteiger partial charge in [0, 0.05) is 29.8 Å². The summed E-state index contributed by atoms with van der Waals surface area (Å²) in [5, 5.41) is 0.705. The standard InChI is InChI=1S/C18H23NO4S/c1-3-13-8-6-7-11-19(13)18(20)17-15(12-24(2,21)22)14-9-4-5-10-16(14)23-17/h4-5,9-10,13H,3,6-8,11-12H2,1-2H3/t13-/m1/s1. The second-order valence-corrected chi connectivity index (χ2v) is 8.67. The van der Waals surface area contributed by atoms with Crippen LogP contribution in [0.15, 0.2) is 28.7 Å². The number of amides is 1. The van der Waals surface area contributed by atoms with E-state index in [2.05, 4.69) is 6.92 Å². The zero-order chi connectivity index (χ0) is 17.3. The summed E-state index contributed by atoms with van der Waals surface area (Å²) in [6, 6.07) is 7.42. The normalized spacial score (nSPS) is 18.9. The van der Waals surface area contributed by atoms with Crippen molar-refractivity contribution in [2.24, 2.45) is 0 Å². The van der Waals surface area contributed by atoms with Crippen molar-refractivity contribution in [2.75, 3.05) is 12.8 Å². The van der Waals surface area contributed by atoms with Crippen LogP contribution in [0.3, 0.4) is 0 Å². The van der Waals surface area contributed by atoms with Gasteiger partial charge in [-0.15, -0.1) is 0 Å². The van der Waals surface area contributed by atoms with Gasteiger partial charge in [-0.05, 0) is 31.7 Å². The molecule has 1 fully saturated rings. The van der Waals surface area contributed by atoms with Crippen LogP contribution in [-0.4, -0.2) is 38.1 Å². The summed E-state index contributed by atoms with van der Waals surface area (Å²) in [5.74, 6) is -0.186. The fourth-order valence-electron chi connectivity index (χ4n) is 3.50. The number of rotatable bonds is 4. The van der Waals surface area contributed by atoms with Gasteiger partial charge in [0.2, 0.25) is 0 Å². The molecular formula is C18H23NO4S. The molecule has 3 rings (SSSR count). The first-order valence-corrected chi connectivity index (χ1v) is 10.5. The number of furan rings is 1. The minimum absolute atomic E-state index is 0.182. The van der Waals surface area contributed by atoms with E-state index in [1.807, 2.05) is 23.1 Å². The van der Waals surface area contributed by atoms with Crippen LogP contribution in [0, 0.1) is 0 Å². The zero-order valence-electron chi connectivity index (χ0n) is 14.1. The highest BCUT2D eigenvalue weighted by atomic mass is 32.2. The van der Waals surface area contributed by atoms with Crippen LogP contribution in [0.25, 0.3) is 11.0 Å². The number of benzene rings is 1. The lowest BCUT2D eigenvalue weighted by Gasteiger charge is -2.34. The molecule has 1 amide bonds. The molecule has 1 atom stereocenters. The molecule has 1 aromatic carbocycles. The first kappa shape index (κ1) is 17.0. The number of fused-ring (bicyclic) bond motifs is 1. The molecule has 5 nitrogen and oxygen atoms in total. The average molecular weight is 349 g/mol. The molecule has 0 aliphatic carbocycles. The lowest BCUT2D eigenvalue weighted by molar-refractivity contribution is 0.0577. The van der Waals surface area contributed by atoms with E-state index in [1.165, 1.54) is 6.26 Å². The average Bonchev–Trinajstić information content (AvgIpc) is 2.91. The van der Waals surface area contributed by atoms with Crippen molar-refractivity contribution < 1.29 is 17.6 Å². The first-order valence-electron chi connectivity index (χ1n) is 8.40. The molecule has 0 spiro atoms. The Hall–Kier alpha value is -1.82. The molecule has 1 saturated heterocycles. The third-order valence-electron chi connectivity index (χ3n) is 4.66. The summed E-state index contributed by atoms with van der Waals surface area (Å²) in [5.41, 5.74) is 1.04. The van der Waals surface area contributed by atoms with Crippen molar-refractivity contribution in [3.05, 3.63) is 35.6 Å². The number of hydrogen-bond donors (Lipinski definition) is 0. The Bertz CT molecular complexity index is 853. The number of nitrogens with zero attached hydrogens (tertiary/aromatic N) is 1. The second-order valence-electron chi connectivity index (χ2n) is 6.53. The van der Waals surface area contributed by atoms with Crippen LogP contribution in [0.2, 0.25) is 0 Å². The number of hydrogen-bond acceptors (Lipinski definition) is 4. The van der Waals surface area contributed by atoms with Gasteiger partial charge in [-0.25, -0.2) is 8.42 Å². The fourth-order valence-corrected chi connectivity index (χ4v) is 4.31. The molecule has 0 saturated carbocycles. The van der Waals surface area contributed by atoms with Gasteiger partial charge in [-0.3, -0.25) is 4.79 Å². The third kappa shape index (κ3) is 3.34. The summed E-state index contributed by atoms with van der Waals surface area (Å²) >= 11 is 0. The van der Waals surface area contributed by atoms with E-state index in [1.54, 1.807) is 6.07 Å². The van der Waals surface area contributed by atoms with Crippen molar-refractivity contribution in [1.82, 2.24) is 4.90 Å². The number of sulfone groups is 1. The van der Waals surface area contributed by atoms with Gasteiger partial charge < -0.3 is 9.32 Å². The summed E-state index contributed by atoms with van der Waals surface area (Å²) in [7, 11) is -3.28. The van der Waals surface area contributed by atoms with Gasteiger partial charge in [0.1, 0.15) is 5.58 Å². The van der Waals surface area contributed by atoms with E-state index in [0.29, 0.717) is 23.1 Å². The molecule has 1 aliphatic heterocycles. The summed E-state index contributed by atoms with van der Waals surface area (Å²) in [6.45, 7) is 2.78. The topological polar surface area (TPSA) is 67.6 Å². The Morgan fingerprint density at radius 1 is 1.29 bits per heavy atom. The van der Waals surface area contributed by atoms with Crippen LogP contribution in [0.4, 0.5) is 0 Å². The van der Waals surface area contributed by atoms with Crippen LogP contribution in [0.1, 0.15) is 48.7 Å². The predicted molar refractivity (Wildman–Crippen MR) is 93.7 cm³/mol. The minimum Gasteiger partial charge on any atom is -0.451 e. The molecule has 1 aromatic heterocycles. The molecule has 24 heavy (non-hydrogen) atoms. The van der Waals surface area contributed by atoms with E-state index in [-0.39, 0.29) is 23.5 Å². The maximum Gasteiger partial charge on any atom is 0.290 e. The predicted octanol–water partition coefficient (Wildman–Crippen LogP) is 3.38. The molecular weight excluding hydrogens is 326 g/mol. The largest absolute Gasteiger partial charge is 0.451 e. The SMILES string of the molecule is CC[C@@H]1CCCCN1C(=O)c1oc2ccccc2c1CS(C)(=O)=O. The number of para-hydroxylation sites is 1. The molecule has 2 aromatic rings. The Labute approximate surface area is 142 Å². The lowest BCUT2D eigenvalue weighted by atomic mass is 9.99. The van der Waals surface area contributed by atoms with Crippen molar-refractivity contribution >= 4 is 26.7 Å². The Balaban J connectivity index is 2.07. The maximum absolute atomic E-state index is 13.1. The fraction of sp³-hybridized carbons (Fsp3) is 0.500. The van der Waals surface area contributed by atoms with Gasteiger partial charge in [-0.1, -0.05) is 25.1 Å². The Morgan fingerprint density at radius 3 is 2.75 bits per heavy atom. The lowest BCUT2D eigenvalue weighted by Crippen LogP contribution is -2.43. The third-order valence-corrected chi connectivity index (χ3v) is 5.47. The van der Waals surface area contributed by atoms with Gasteiger partial charge in [0.25, 0.3) is 5.91 Å². The molecule has 130 valence electrons. The van der Waals surface area contributed by atoms with E-state index in [9.17, 15) is 13.2 Å². The van der Waals surface area contributed by atoms with Gasteiger partial charge in [-0.2, -0.15) is 0 Å². The summed E-state index contributed by atoms with van der Waals surface area (Å²) < 4.78 is 29.5. The molecule has 0 unspecified atom stereocenters. The smallest absolute Gasteiger partial charge is 0.290 e. The number of carbonyl (C=O) groups is 1. The van der Waals surface area contributed by atoms with Gasteiger partial charge in [0.15, 0.2) is 15.6 Å². The Kier molecular flexibility index (Phi) is 4.67. The van der Waals surface area contributed by atoms with E-state index < -0.39 is 9.84 Å². The van der Waals surface area contributed by atoms with Crippen LogP contribution in [0.5, 0.6) is 0 Å². The molecule has 0 radical (unpaired) electrons. The quantitative estimate of drug-likeness (QED) is 0.848. The molecule has 1 aliphatic rings. The van der Waals surface area contributed by atoms with Gasteiger partial charge >= 0.3 is 0 Å². The van der Waals surface area contributed by atoms with Gasteiger partial charge in [0.05, 0.1) is 5.75 Å². The zero-order valence-corrected chi connectivity index (χ0v) is 14.9. The number of carbonyl (C=O) groups excluding carboxylic acids is 1. The Morgan fingerprint density at radius 2 is 2.04 bits per heavy atom. The van der Waals surface area contributed by atoms with Crippen molar-refractivity contribution in [3.8, 4) is 0 Å². The van der Waals surface area contributed by atoms with Crippen molar-refractivity contribution in [2.45, 2.75) is 44.4 Å². The molecule has 6 heteroatoms. The molecule has 0 N–H and O–H groups in total. The van der Waals surface area contributed by atoms with Crippen LogP contribution >= 0.6 is 0 Å².